The Morgan fingerprint density at radius 3 is 0.968 bits per heavy atom. The fourth-order valence-electron chi connectivity index (χ4n) is 1.13. The van der Waals surface area contributed by atoms with Gasteiger partial charge in [0, 0.05) is 25.7 Å². The average Bonchev–Trinajstić information content (AvgIpc) is 3.54. The number of ketones is 6. The minimum atomic E-state index is -1.07. The largest absolute Gasteiger partial charge is 0.312 e. The Morgan fingerprint density at radius 1 is 0.742 bits per heavy atom. The van der Waals surface area contributed by atoms with Crippen molar-refractivity contribution in [2.24, 2.45) is 11.1 Å². The lowest BCUT2D eigenvalue weighted by Gasteiger charge is -1.94. The molecule has 0 aliphatic heterocycles. The van der Waals surface area contributed by atoms with Crippen LogP contribution in [0.5, 0.6) is 0 Å². The third-order valence-corrected chi connectivity index (χ3v) is 4.22. The van der Waals surface area contributed by atoms with Gasteiger partial charge >= 0.3 is 0 Å². The maximum Gasteiger partial charge on any atom is 0.163 e. The van der Waals surface area contributed by atoms with Gasteiger partial charge in [0.1, 0.15) is 28.7 Å². The van der Waals surface area contributed by atoms with Gasteiger partial charge in [-0.25, -0.2) is 0 Å². The topological polar surface area (TPSA) is 128 Å². The van der Waals surface area contributed by atoms with E-state index in [1.165, 1.54) is 20.3 Å². The lowest BCUT2D eigenvalue weighted by Crippen LogP contribution is -2.33. The minimum Gasteiger partial charge on any atom is -0.312 e. The van der Waals surface area contributed by atoms with Gasteiger partial charge in [0.2, 0.25) is 0 Å². The highest BCUT2D eigenvalue weighted by Crippen LogP contribution is 2.40. The quantitative estimate of drug-likeness (QED) is 0.644. The molecule has 7 nitrogen and oxygen atoms in total. The molecule has 2 aliphatic rings. The summed E-state index contributed by atoms with van der Waals surface area (Å²) in [5, 5.41) is 0. The molecule has 182 valence electrons. The van der Waals surface area contributed by atoms with Crippen molar-refractivity contribution in [3.05, 3.63) is 0 Å². The predicted octanol–water partition coefficient (Wildman–Crippen LogP) is 4.21. The summed E-state index contributed by atoms with van der Waals surface area (Å²) < 4.78 is 0. The number of carbonyl (C=O) groups excluding carboxylic acids is 6. The van der Waals surface area contributed by atoms with E-state index in [1.807, 2.05) is 27.7 Å². The first-order valence-corrected chi connectivity index (χ1v) is 11.0. The van der Waals surface area contributed by atoms with Gasteiger partial charge in [-0.1, -0.05) is 48.0 Å². The summed E-state index contributed by atoms with van der Waals surface area (Å²) in [6.45, 7) is 19.6. The molecule has 0 amide bonds. The molecule has 0 radical (unpaired) electrons. The van der Waals surface area contributed by atoms with E-state index in [-0.39, 0.29) is 41.1 Å². The first-order chi connectivity index (χ1) is 14.1. The third-order valence-electron chi connectivity index (χ3n) is 4.22. The van der Waals surface area contributed by atoms with Crippen LogP contribution in [0.15, 0.2) is 0 Å². The average molecular weight is 444 g/mol. The van der Waals surface area contributed by atoms with E-state index < -0.39 is 11.0 Å². The van der Waals surface area contributed by atoms with Gasteiger partial charge < -0.3 is 15.3 Å². The Kier molecular flexibility index (Phi) is 22.0. The Labute approximate surface area is 188 Å². The molecule has 0 spiro atoms. The summed E-state index contributed by atoms with van der Waals surface area (Å²) in [7, 11) is 0. The SMILES string of the molecule is CC.CC(=O)C1(C)CC1=O.CC(=O)C1(N)CC1=O.CCC.CCC(C)=O.CCC(C)=O. The van der Waals surface area contributed by atoms with Crippen molar-refractivity contribution in [2.45, 2.75) is 114 Å². The van der Waals surface area contributed by atoms with E-state index in [0.29, 0.717) is 19.3 Å². The van der Waals surface area contributed by atoms with Crippen molar-refractivity contribution in [1.82, 2.24) is 0 Å². The summed E-state index contributed by atoms with van der Waals surface area (Å²) in [5.41, 5.74) is 3.59. The van der Waals surface area contributed by atoms with E-state index in [4.69, 9.17) is 5.73 Å². The molecule has 0 aromatic carbocycles. The Hall–Kier alpha value is -2.02. The van der Waals surface area contributed by atoms with E-state index in [1.54, 1.807) is 20.8 Å². The van der Waals surface area contributed by atoms with Gasteiger partial charge in [0.15, 0.2) is 11.6 Å². The monoisotopic (exact) mass is 443 g/mol. The van der Waals surface area contributed by atoms with E-state index in [2.05, 4.69) is 13.8 Å². The summed E-state index contributed by atoms with van der Waals surface area (Å²) in [6.07, 6.45) is 3.28. The van der Waals surface area contributed by atoms with Crippen LogP contribution in [0.4, 0.5) is 0 Å². The molecule has 0 aromatic rings. The zero-order valence-corrected chi connectivity index (χ0v) is 21.6. The van der Waals surface area contributed by atoms with Crippen molar-refractivity contribution in [1.29, 1.82) is 0 Å². The first-order valence-electron chi connectivity index (χ1n) is 11.0. The number of carbonyl (C=O) groups is 6. The molecule has 2 unspecified atom stereocenters. The van der Waals surface area contributed by atoms with Crippen molar-refractivity contribution < 1.29 is 28.8 Å². The van der Waals surface area contributed by atoms with Crippen LogP contribution in [-0.2, 0) is 28.8 Å². The van der Waals surface area contributed by atoms with E-state index in [0.717, 1.165) is 0 Å². The summed E-state index contributed by atoms with van der Waals surface area (Å²) in [5.74, 6) is 0.245. The molecular weight excluding hydrogens is 398 g/mol. The van der Waals surface area contributed by atoms with Crippen LogP contribution in [-0.4, -0.2) is 40.2 Å². The fourth-order valence-corrected chi connectivity index (χ4v) is 1.13. The second-order valence-electron chi connectivity index (χ2n) is 7.43. The fraction of sp³-hybridized carbons (Fsp3) is 0.750. The number of Topliss-reactive ketones (excluding diaryl/α,β-unsaturated/α-hetero) is 6. The minimum absolute atomic E-state index is 0.00231. The van der Waals surface area contributed by atoms with Crippen LogP contribution < -0.4 is 5.73 Å². The van der Waals surface area contributed by atoms with Crippen LogP contribution in [0.1, 0.15) is 108 Å². The lowest BCUT2D eigenvalue weighted by molar-refractivity contribution is -0.125. The first kappa shape index (κ1) is 36.4. The molecule has 0 saturated heterocycles. The van der Waals surface area contributed by atoms with Gasteiger partial charge in [0.05, 0.1) is 5.41 Å². The van der Waals surface area contributed by atoms with Gasteiger partial charge in [0.25, 0.3) is 0 Å². The van der Waals surface area contributed by atoms with Crippen LogP contribution in [0.3, 0.4) is 0 Å². The molecule has 0 bridgehead atoms. The van der Waals surface area contributed by atoms with Gasteiger partial charge in [-0.05, 0) is 34.6 Å². The van der Waals surface area contributed by atoms with Crippen LogP contribution in [0, 0.1) is 5.41 Å². The van der Waals surface area contributed by atoms with Crippen molar-refractivity contribution >= 4 is 34.7 Å². The Balaban J connectivity index is -0.000000150. The van der Waals surface area contributed by atoms with Crippen molar-refractivity contribution in [3.63, 3.8) is 0 Å². The predicted molar refractivity (Wildman–Crippen MR) is 125 cm³/mol. The number of rotatable bonds is 4. The summed E-state index contributed by atoms with van der Waals surface area (Å²) in [4.78, 5) is 61.3. The number of hydrogen-bond acceptors (Lipinski definition) is 7. The molecule has 2 fully saturated rings. The highest BCUT2D eigenvalue weighted by Gasteiger charge is 2.54. The zero-order valence-electron chi connectivity index (χ0n) is 21.6. The van der Waals surface area contributed by atoms with Gasteiger partial charge in [-0.3, -0.25) is 19.2 Å². The molecule has 7 heteroatoms. The second-order valence-corrected chi connectivity index (χ2v) is 7.43. The summed E-state index contributed by atoms with van der Waals surface area (Å²) in [6, 6.07) is 0. The normalized spacial score (nSPS) is 21.3. The van der Waals surface area contributed by atoms with Crippen LogP contribution in [0.25, 0.3) is 0 Å². The molecule has 2 saturated carbocycles. The molecule has 0 aromatic heterocycles. The van der Waals surface area contributed by atoms with Gasteiger partial charge in [-0.2, -0.15) is 0 Å². The van der Waals surface area contributed by atoms with Gasteiger partial charge in [-0.15, -0.1) is 0 Å². The molecule has 2 rings (SSSR count). The smallest absolute Gasteiger partial charge is 0.163 e. The Morgan fingerprint density at radius 2 is 0.968 bits per heavy atom. The molecule has 31 heavy (non-hydrogen) atoms. The van der Waals surface area contributed by atoms with Crippen molar-refractivity contribution in [3.8, 4) is 0 Å². The molecule has 2 atom stereocenters. The van der Waals surface area contributed by atoms with E-state index >= 15 is 0 Å². The highest BCUT2D eigenvalue weighted by molar-refractivity contribution is 6.23. The molecular formula is C24H45NO6. The summed E-state index contributed by atoms with van der Waals surface area (Å²) >= 11 is 0. The molecule has 0 heterocycles. The lowest BCUT2D eigenvalue weighted by atomic mass is 10.1. The van der Waals surface area contributed by atoms with Crippen LogP contribution in [0.2, 0.25) is 0 Å². The number of hydrogen-bond donors (Lipinski definition) is 1. The second kappa shape index (κ2) is 18.7. The number of nitrogens with two attached hydrogens (primary N) is 1. The third kappa shape index (κ3) is 18.5. The maximum absolute atomic E-state index is 10.5. The maximum atomic E-state index is 10.5. The highest BCUT2D eigenvalue weighted by atomic mass is 16.2. The van der Waals surface area contributed by atoms with Crippen LogP contribution >= 0.6 is 0 Å². The zero-order chi connectivity index (χ0) is 26.0. The van der Waals surface area contributed by atoms with E-state index in [9.17, 15) is 28.8 Å². The standard InChI is InChI=1S/C6H8O2.C5H7NO2.2C4H8O.C3H8.C2H6/c1-4(7)6(2)3-5(6)8;1-3(7)5(6)2-4(5)8;2*1-3-4(2)5;1-3-2;1-2/h3H2,1-2H3;2,6H2,1H3;2*3H2,1-2H3;3H2,1-2H3;1-2H3. The molecule has 2 N–H and O–H groups in total. The van der Waals surface area contributed by atoms with Crippen molar-refractivity contribution in [2.75, 3.05) is 0 Å². The Bertz CT molecular complexity index is 559. The molecule has 2 aliphatic carbocycles.